The molecule has 2 rings (SSSR count). The molecule has 1 aromatic carbocycles. The van der Waals surface area contributed by atoms with Crippen LogP contribution in [0.5, 0.6) is 5.75 Å². The van der Waals surface area contributed by atoms with Gasteiger partial charge in [-0.3, -0.25) is 4.79 Å². The van der Waals surface area contributed by atoms with E-state index < -0.39 is 0 Å². The maximum Gasteiger partial charge on any atom is 0.164 e. The van der Waals surface area contributed by atoms with Crippen molar-refractivity contribution < 1.29 is 9.53 Å². The Morgan fingerprint density at radius 1 is 1.12 bits per heavy atom. The lowest BCUT2D eigenvalue weighted by atomic mass is 10.0. The van der Waals surface area contributed by atoms with Gasteiger partial charge in [-0.2, -0.15) is 0 Å². The Bertz CT molecular complexity index is 496. The van der Waals surface area contributed by atoms with Gasteiger partial charge in [0.2, 0.25) is 0 Å². The highest BCUT2D eigenvalue weighted by Gasteiger charge is 2.13. The van der Waals surface area contributed by atoms with E-state index in [2.05, 4.69) is 18.7 Å². The fourth-order valence-corrected chi connectivity index (χ4v) is 3.15. The summed E-state index contributed by atoms with van der Waals surface area (Å²) in [6, 6.07) is 5.92. The van der Waals surface area contributed by atoms with Crippen molar-refractivity contribution in [3.05, 3.63) is 29.3 Å². The molecule has 3 nitrogen and oxygen atoms in total. The number of rotatable bonds is 8. The van der Waals surface area contributed by atoms with Crippen molar-refractivity contribution in [2.24, 2.45) is 0 Å². The molecule has 0 bridgehead atoms. The van der Waals surface area contributed by atoms with Crippen molar-refractivity contribution in [1.82, 2.24) is 4.90 Å². The Morgan fingerprint density at radius 2 is 1.83 bits per heavy atom. The summed E-state index contributed by atoms with van der Waals surface area (Å²) in [5.74, 6) is 1.18. The van der Waals surface area contributed by atoms with Gasteiger partial charge in [0.25, 0.3) is 0 Å². The Balaban J connectivity index is 0.00000288. The SMILES string of the molecule is CCCOc1ccc(C(=O)CCN2CCCCCC2)cc1CC.Cl. The number of hydrogen-bond acceptors (Lipinski definition) is 3. The maximum atomic E-state index is 12.5. The van der Waals surface area contributed by atoms with Gasteiger partial charge < -0.3 is 9.64 Å². The molecule has 0 radical (unpaired) electrons. The number of nitrogens with zero attached hydrogens (tertiary/aromatic N) is 1. The normalized spacial score (nSPS) is 15.4. The first kappa shape index (κ1) is 21.0. The Hall–Kier alpha value is -1.06. The third kappa shape index (κ3) is 6.45. The van der Waals surface area contributed by atoms with E-state index in [0.29, 0.717) is 6.42 Å². The number of Topliss-reactive ketones (excluding diaryl/α,β-unsaturated/α-hetero) is 1. The van der Waals surface area contributed by atoms with Gasteiger partial charge in [-0.25, -0.2) is 0 Å². The quantitative estimate of drug-likeness (QED) is 0.622. The molecule has 0 atom stereocenters. The Labute approximate surface area is 153 Å². The van der Waals surface area contributed by atoms with Crippen molar-refractivity contribution in [2.75, 3.05) is 26.2 Å². The van der Waals surface area contributed by atoms with Crippen molar-refractivity contribution in [1.29, 1.82) is 0 Å². The molecule has 0 spiro atoms. The summed E-state index contributed by atoms with van der Waals surface area (Å²) in [7, 11) is 0. The molecule has 1 aliphatic heterocycles. The minimum atomic E-state index is 0. The molecule has 1 saturated heterocycles. The van der Waals surface area contributed by atoms with Crippen LogP contribution >= 0.6 is 12.4 Å². The number of carbonyl (C=O) groups excluding carboxylic acids is 1. The lowest BCUT2D eigenvalue weighted by Gasteiger charge is -2.19. The highest BCUT2D eigenvalue weighted by Crippen LogP contribution is 2.22. The van der Waals surface area contributed by atoms with Gasteiger partial charge >= 0.3 is 0 Å². The molecule has 1 heterocycles. The minimum Gasteiger partial charge on any atom is -0.493 e. The van der Waals surface area contributed by atoms with Gasteiger partial charge in [-0.1, -0.05) is 26.7 Å². The molecular weight excluding hydrogens is 322 g/mol. The number of benzene rings is 1. The molecular formula is C20H32ClNO2. The smallest absolute Gasteiger partial charge is 0.164 e. The van der Waals surface area contributed by atoms with E-state index in [1.165, 1.54) is 25.7 Å². The summed E-state index contributed by atoms with van der Waals surface area (Å²) >= 11 is 0. The fourth-order valence-electron chi connectivity index (χ4n) is 3.15. The molecule has 24 heavy (non-hydrogen) atoms. The van der Waals surface area contributed by atoms with Gasteiger partial charge in [0.15, 0.2) is 5.78 Å². The average molecular weight is 354 g/mol. The number of likely N-dealkylation sites (tertiary alicyclic amines) is 1. The summed E-state index contributed by atoms with van der Waals surface area (Å²) in [6.45, 7) is 8.14. The van der Waals surface area contributed by atoms with Crippen molar-refractivity contribution >= 4 is 18.2 Å². The second kappa shape index (κ2) is 11.5. The molecule has 0 unspecified atom stereocenters. The number of halogens is 1. The van der Waals surface area contributed by atoms with Crippen LogP contribution in [-0.4, -0.2) is 36.9 Å². The number of ketones is 1. The molecule has 1 aliphatic rings. The van der Waals surface area contributed by atoms with Gasteiger partial charge in [0, 0.05) is 18.5 Å². The number of ether oxygens (including phenoxy) is 1. The highest BCUT2D eigenvalue weighted by molar-refractivity contribution is 5.96. The summed E-state index contributed by atoms with van der Waals surface area (Å²) in [4.78, 5) is 14.9. The molecule has 136 valence electrons. The first-order valence-corrected chi connectivity index (χ1v) is 9.25. The molecule has 1 aromatic rings. The summed E-state index contributed by atoms with van der Waals surface area (Å²) in [5, 5.41) is 0. The van der Waals surface area contributed by atoms with Crippen LogP contribution in [0, 0.1) is 0 Å². The van der Waals surface area contributed by atoms with E-state index in [1.54, 1.807) is 0 Å². The van der Waals surface area contributed by atoms with Crippen LogP contribution < -0.4 is 4.74 Å². The van der Waals surface area contributed by atoms with Crippen molar-refractivity contribution in [3.8, 4) is 5.75 Å². The molecule has 0 aromatic heterocycles. The first-order chi connectivity index (χ1) is 11.2. The van der Waals surface area contributed by atoms with Crippen molar-refractivity contribution in [3.63, 3.8) is 0 Å². The van der Waals surface area contributed by atoms with Gasteiger partial charge in [-0.15, -0.1) is 12.4 Å². The second-order valence-corrected chi connectivity index (χ2v) is 6.45. The largest absolute Gasteiger partial charge is 0.493 e. The minimum absolute atomic E-state index is 0. The third-order valence-corrected chi connectivity index (χ3v) is 4.58. The number of aryl methyl sites for hydroxylation is 1. The number of carbonyl (C=O) groups is 1. The molecule has 0 saturated carbocycles. The van der Waals surface area contributed by atoms with Crippen LogP contribution in [0.4, 0.5) is 0 Å². The second-order valence-electron chi connectivity index (χ2n) is 6.45. The van der Waals surface area contributed by atoms with Gasteiger partial charge in [0.05, 0.1) is 6.61 Å². The lowest BCUT2D eigenvalue weighted by molar-refractivity contribution is 0.0964. The lowest BCUT2D eigenvalue weighted by Crippen LogP contribution is -2.27. The molecule has 1 fully saturated rings. The Kier molecular flexibility index (Phi) is 10.0. The topological polar surface area (TPSA) is 29.5 Å². The maximum absolute atomic E-state index is 12.5. The van der Waals surface area contributed by atoms with Crippen LogP contribution in [-0.2, 0) is 6.42 Å². The van der Waals surface area contributed by atoms with Crippen LogP contribution in [0.2, 0.25) is 0 Å². The Morgan fingerprint density at radius 3 is 2.46 bits per heavy atom. The fraction of sp³-hybridized carbons (Fsp3) is 0.650. The van der Waals surface area contributed by atoms with E-state index in [0.717, 1.165) is 56.0 Å². The van der Waals surface area contributed by atoms with E-state index in [4.69, 9.17) is 4.74 Å². The third-order valence-electron chi connectivity index (χ3n) is 4.58. The monoisotopic (exact) mass is 353 g/mol. The van der Waals surface area contributed by atoms with Gasteiger partial charge in [-0.05, 0) is 62.5 Å². The van der Waals surface area contributed by atoms with Crippen molar-refractivity contribution in [2.45, 2.75) is 58.8 Å². The summed E-state index contributed by atoms with van der Waals surface area (Å²) < 4.78 is 5.76. The molecule has 0 amide bonds. The standard InChI is InChI=1S/C20H31NO2.ClH/c1-3-15-23-20-10-9-18(16-17(20)4-2)19(22)11-14-21-12-7-5-6-8-13-21;/h9-10,16H,3-8,11-15H2,1-2H3;1H. The van der Waals surface area contributed by atoms with Crippen LogP contribution in [0.1, 0.15) is 68.3 Å². The van der Waals surface area contributed by atoms with Crippen LogP contribution in [0.3, 0.4) is 0 Å². The van der Waals surface area contributed by atoms with E-state index >= 15 is 0 Å². The molecule has 4 heteroatoms. The summed E-state index contributed by atoms with van der Waals surface area (Å²) in [6.07, 6.45) is 7.74. The van der Waals surface area contributed by atoms with Gasteiger partial charge in [0.1, 0.15) is 5.75 Å². The van der Waals surface area contributed by atoms with Crippen LogP contribution in [0.15, 0.2) is 18.2 Å². The summed E-state index contributed by atoms with van der Waals surface area (Å²) in [5.41, 5.74) is 1.97. The van der Waals surface area contributed by atoms with Crippen LogP contribution in [0.25, 0.3) is 0 Å². The highest BCUT2D eigenvalue weighted by atomic mass is 35.5. The first-order valence-electron chi connectivity index (χ1n) is 9.25. The number of hydrogen-bond donors (Lipinski definition) is 0. The molecule has 0 aliphatic carbocycles. The molecule has 0 N–H and O–H groups in total. The average Bonchev–Trinajstić information content (AvgIpc) is 2.86. The predicted molar refractivity (Wildman–Crippen MR) is 103 cm³/mol. The zero-order valence-electron chi connectivity index (χ0n) is 15.2. The van der Waals surface area contributed by atoms with E-state index in [-0.39, 0.29) is 18.2 Å². The van der Waals surface area contributed by atoms with E-state index in [1.807, 2.05) is 18.2 Å². The van der Waals surface area contributed by atoms with E-state index in [9.17, 15) is 4.79 Å². The zero-order chi connectivity index (χ0) is 16.5. The predicted octanol–water partition coefficient (Wildman–Crippen LogP) is 4.91. The zero-order valence-corrected chi connectivity index (χ0v) is 16.0.